The van der Waals surface area contributed by atoms with Crippen LogP contribution in [0.2, 0.25) is 5.02 Å². The Morgan fingerprint density at radius 2 is 2.10 bits per heavy atom. The van der Waals surface area contributed by atoms with E-state index < -0.39 is 5.54 Å². The molecule has 2 atom stereocenters. The van der Waals surface area contributed by atoms with Gasteiger partial charge in [0.1, 0.15) is 5.54 Å². The molecule has 2 rings (SSSR count). The molecule has 0 radical (unpaired) electrons. The van der Waals surface area contributed by atoms with Crippen LogP contribution in [0.25, 0.3) is 0 Å². The molecule has 1 aromatic rings. The van der Waals surface area contributed by atoms with Crippen molar-refractivity contribution in [3.63, 3.8) is 0 Å². The predicted molar refractivity (Wildman–Crippen MR) is 86.6 cm³/mol. The van der Waals surface area contributed by atoms with E-state index in [1.54, 1.807) is 0 Å². The summed E-state index contributed by atoms with van der Waals surface area (Å²) in [5.41, 5.74) is 0.446. The molecule has 4 heteroatoms. The van der Waals surface area contributed by atoms with Gasteiger partial charge in [0.05, 0.1) is 7.11 Å². The second-order valence-electron chi connectivity index (χ2n) is 6.87. The summed E-state index contributed by atoms with van der Waals surface area (Å²) in [7, 11) is 1.45. The minimum atomic E-state index is -0.672. The largest absolute Gasteiger partial charge is 0.467 e. The number of rotatable bonds is 3. The zero-order valence-electron chi connectivity index (χ0n) is 13.2. The molecule has 1 aliphatic carbocycles. The third-order valence-corrected chi connectivity index (χ3v) is 4.87. The van der Waals surface area contributed by atoms with Gasteiger partial charge in [0.25, 0.3) is 0 Å². The van der Waals surface area contributed by atoms with E-state index in [2.05, 4.69) is 26.1 Å². The number of carbonyl (C=O) groups is 1. The SMILES string of the molecule is COC(=O)C1(Nc2cccc(Cl)c2)CCC(C)(C)CC1C. The Kier molecular flexibility index (Phi) is 4.52. The molecule has 1 aromatic carbocycles. The van der Waals surface area contributed by atoms with Crippen LogP contribution in [-0.2, 0) is 9.53 Å². The minimum Gasteiger partial charge on any atom is -0.467 e. The van der Waals surface area contributed by atoms with E-state index in [1.807, 2.05) is 24.3 Å². The third kappa shape index (κ3) is 3.34. The van der Waals surface area contributed by atoms with Gasteiger partial charge in [-0.15, -0.1) is 0 Å². The molecular weight excluding hydrogens is 286 g/mol. The highest BCUT2D eigenvalue weighted by Crippen LogP contribution is 2.46. The normalized spacial score (nSPS) is 28.0. The van der Waals surface area contributed by atoms with Crippen LogP contribution in [0.1, 0.15) is 40.0 Å². The molecule has 1 aliphatic rings. The van der Waals surface area contributed by atoms with E-state index in [-0.39, 0.29) is 17.3 Å². The average Bonchev–Trinajstić information content (AvgIpc) is 2.41. The highest BCUT2D eigenvalue weighted by Gasteiger charge is 2.50. The molecule has 0 aliphatic heterocycles. The lowest BCUT2D eigenvalue weighted by atomic mass is 9.63. The Bertz CT molecular complexity index is 529. The van der Waals surface area contributed by atoms with Crippen molar-refractivity contribution in [2.75, 3.05) is 12.4 Å². The number of nitrogens with one attached hydrogen (secondary N) is 1. The lowest BCUT2D eigenvalue weighted by Crippen LogP contribution is -2.56. The van der Waals surface area contributed by atoms with Crippen LogP contribution in [-0.4, -0.2) is 18.6 Å². The van der Waals surface area contributed by atoms with Gasteiger partial charge in [0.2, 0.25) is 0 Å². The Morgan fingerprint density at radius 1 is 1.38 bits per heavy atom. The van der Waals surface area contributed by atoms with Gasteiger partial charge in [0, 0.05) is 10.7 Å². The van der Waals surface area contributed by atoms with E-state index in [1.165, 1.54) is 7.11 Å². The number of benzene rings is 1. The summed E-state index contributed by atoms with van der Waals surface area (Å²) >= 11 is 6.05. The number of esters is 1. The van der Waals surface area contributed by atoms with Crippen molar-refractivity contribution in [2.24, 2.45) is 11.3 Å². The number of hydrogen-bond donors (Lipinski definition) is 1. The Morgan fingerprint density at radius 3 is 2.67 bits per heavy atom. The fraction of sp³-hybridized carbons (Fsp3) is 0.588. The summed E-state index contributed by atoms with van der Waals surface area (Å²) < 4.78 is 5.10. The predicted octanol–water partition coefficient (Wildman–Crippen LogP) is 4.51. The molecule has 3 nitrogen and oxygen atoms in total. The molecule has 116 valence electrons. The van der Waals surface area contributed by atoms with Crippen LogP contribution in [0.5, 0.6) is 0 Å². The third-order valence-electron chi connectivity index (χ3n) is 4.64. The fourth-order valence-corrected chi connectivity index (χ4v) is 3.62. The zero-order chi connectivity index (χ0) is 15.7. The molecule has 2 unspecified atom stereocenters. The van der Waals surface area contributed by atoms with E-state index in [9.17, 15) is 4.79 Å². The fourth-order valence-electron chi connectivity index (χ4n) is 3.43. The second-order valence-corrected chi connectivity index (χ2v) is 7.30. The minimum absolute atomic E-state index is 0.188. The summed E-state index contributed by atoms with van der Waals surface area (Å²) in [6, 6.07) is 7.49. The molecule has 0 bridgehead atoms. The van der Waals surface area contributed by atoms with Gasteiger partial charge in [-0.05, 0) is 48.8 Å². The van der Waals surface area contributed by atoms with Crippen LogP contribution in [0.15, 0.2) is 24.3 Å². The maximum Gasteiger partial charge on any atom is 0.331 e. The molecule has 21 heavy (non-hydrogen) atoms. The van der Waals surface area contributed by atoms with Crippen molar-refractivity contribution in [3.8, 4) is 0 Å². The van der Waals surface area contributed by atoms with Crippen LogP contribution >= 0.6 is 11.6 Å². The summed E-state index contributed by atoms with van der Waals surface area (Å²) in [5.74, 6) is -0.00171. The molecule has 1 fully saturated rings. The molecule has 1 N–H and O–H groups in total. The molecule has 0 saturated heterocycles. The molecule has 0 heterocycles. The maximum atomic E-state index is 12.5. The van der Waals surface area contributed by atoms with Gasteiger partial charge in [-0.1, -0.05) is 38.4 Å². The number of hydrogen-bond acceptors (Lipinski definition) is 3. The molecular formula is C17H24ClNO2. The lowest BCUT2D eigenvalue weighted by Gasteiger charge is -2.47. The lowest BCUT2D eigenvalue weighted by molar-refractivity contribution is -0.150. The summed E-state index contributed by atoms with van der Waals surface area (Å²) in [4.78, 5) is 12.5. The first kappa shape index (κ1) is 16.2. The zero-order valence-corrected chi connectivity index (χ0v) is 14.0. The highest BCUT2D eigenvalue weighted by molar-refractivity contribution is 6.30. The van der Waals surface area contributed by atoms with Crippen LogP contribution in [0.4, 0.5) is 5.69 Å². The van der Waals surface area contributed by atoms with Gasteiger partial charge in [-0.25, -0.2) is 4.79 Å². The first-order valence-corrected chi connectivity index (χ1v) is 7.79. The number of ether oxygens (including phenoxy) is 1. The molecule has 0 amide bonds. The van der Waals surface area contributed by atoms with Crippen molar-refractivity contribution >= 4 is 23.3 Å². The molecule has 1 saturated carbocycles. The monoisotopic (exact) mass is 309 g/mol. The van der Waals surface area contributed by atoms with Gasteiger partial charge >= 0.3 is 5.97 Å². The highest BCUT2D eigenvalue weighted by atomic mass is 35.5. The van der Waals surface area contributed by atoms with Gasteiger partial charge in [-0.3, -0.25) is 0 Å². The van der Waals surface area contributed by atoms with Crippen LogP contribution in [0.3, 0.4) is 0 Å². The van der Waals surface area contributed by atoms with Crippen molar-refractivity contribution in [3.05, 3.63) is 29.3 Å². The van der Waals surface area contributed by atoms with Gasteiger partial charge in [-0.2, -0.15) is 0 Å². The van der Waals surface area contributed by atoms with Crippen molar-refractivity contribution < 1.29 is 9.53 Å². The van der Waals surface area contributed by atoms with E-state index >= 15 is 0 Å². The molecule has 0 spiro atoms. The van der Waals surface area contributed by atoms with Gasteiger partial charge in [0.15, 0.2) is 0 Å². The number of anilines is 1. The molecule has 0 aromatic heterocycles. The second kappa shape index (κ2) is 5.88. The van der Waals surface area contributed by atoms with Crippen molar-refractivity contribution in [1.82, 2.24) is 0 Å². The van der Waals surface area contributed by atoms with Crippen molar-refractivity contribution in [2.45, 2.75) is 45.6 Å². The Hall–Kier alpha value is -1.22. The number of halogens is 1. The smallest absolute Gasteiger partial charge is 0.331 e. The number of carbonyl (C=O) groups excluding carboxylic acids is 1. The Labute approximate surface area is 132 Å². The first-order valence-electron chi connectivity index (χ1n) is 7.41. The van der Waals surface area contributed by atoms with E-state index in [0.717, 1.165) is 24.9 Å². The quantitative estimate of drug-likeness (QED) is 0.835. The first-order chi connectivity index (χ1) is 9.79. The van der Waals surface area contributed by atoms with Crippen LogP contribution in [0, 0.1) is 11.3 Å². The average molecular weight is 310 g/mol. The van der Waals surface area contributed by atoms with E-state index in [4.69, 9.17) is 16.3 Å². The maximum absolute atomic E-state index is 12.5. The van der Waals surface area contributed by atoms with Crippen molar-refractivity contribution in [1.29, 1.82) is 0 Å². The number of methoxy groups -OCH3 is 1. The van der Waals surface area contributed by atoms with Crippen LogP contribution < -0.4 is 5.32 Å². The summed E-state index contributed by atoms with van der Waals surface area (Å²) in [6.07, 6.45) is 2.73. The van der Waals surface area contributed by atoms with Gasteiger partial charge < -0.3 is 10.1 Å². The topological polar surface area (TPSA) is 38.3 Å². The summed E-state index contributed by atoms with van der Waals surface area (Å²) in [5, 5.41) is 4.07. The summed E-state index contributed by atoms with van der Waals surface area (Å²) in [6.45, 7) is 6.63. The van der Waals surface area contributed by atoms with E-state index in [0.29, 0.717) is 5.02 Å². The Balaban J connectivity index is 2.32. The standard InChI is InChI=1S/C17H24ClNO2/c1-12-11-16(2,3)8-9-17(12,15(20)21-4)19-14-7-5-6-13(18)10-14/h5-7,10,12,19H,8-9,11H2,1-4H3.